The molecule has 2 amide bonds. The molecule has 0 saturated carbocycles. The molecule has 4 aromatic rings. The second kappa shape index (κ2) is 7.45. The average molecular weight is 399 g/mol. The Hall–Kier alpha value is -3.40. The second-order valence-corrected chi connectivity index (χ2v) is 8.70. The van der Waals surface area contributed by atoms with Crippen LogP contribution in [-0.2, 0) is 11.3 Å². The molecule has 30 heavy (non-hydrogen) atoms. The van der Waals surface area contributed by atoms with Gasteiger partial charge in [0.1, 0.15) is 0 Å². The van der Waals surface area contributed by atoms with Gasteiger partial charge >= 0.3 is 0 Å². The van der Waals surface area contributed by atoms with Crippen LogP contribution in [-0.4, -0.2) is 26.8 Å². The highest BCUT2D eigenvalue weighted by molar-refractivity contribution is 6.12. The smallest absolute Gasteiger partial charge is 0.263 e. The van der Waals surface area contributed by atoms with Gasteiger partial charge in [0.05, 0.1) is 5.56 Å². The fourth-order valence-corrected chi connectivity index (χ4v) is 4.12. The largest absolute Gasteiger partial charge is 0.342 e. The van der Waals surface area contributed by atoms with Crippen molar-refractivity contribution >= 4 is 33.5 Å². The number of aromatic nitrogens is 1. The fraction of sp³-hybridized carbons (Fsp3) is 0.231. The summed E-state index contributed by atoms with van der Waals surface area (Å²) >= 11 is 0. The van der Waals surface area contributed by atoms with Gasteiger partial charge in [-0.3, -0.25) is 14.5 Å². The first-order valence-corrected chi connectivity index (χ1v) is 10.2. The van der Waals surface area contributed by atoms with Gasteiger partial charge in [-0.25, -0.2) is 0 Å². The lowest BCUT2D eigenvalue weighted by Crippen LogP contribution is -2.48. The normalized spacial score (nSPS) is 11.7. The summed E-state index contributed by atoms with van der Waals surface area (Å²) in [6, 6.07) is 22.6. The van der Waals surface area contributed by atoms with Crippen molar-refractivity contribution in [3.8, 4) is 0 Å². The van der Waals surface area contributed by atoms with E-state index in [2.05, 4.69) is 34.9 Å². The molecule has 0 spiro atoms. The van der Waals surface area contributed by atoms with E-state index in [-0.39, 0.29) is 11.8 Å². The third-order valence-electron chi connectivity index (χ3n) is 5.37. The van der Waals surface area contributed by atoms with Crippen LogP contribution in [0.5, 0.6) is 0 Å². The Morgan fingerprint density at radius 2 is 1.57 bits per heavy atom. The summed E-state index contributed by atoms with van der Waals surface area (Å²) in [4.78, 5) is 27.0. The number of hydrogen-bond acceptors (Lipinski definition) is 2. The van der Waals surface area contributed by atoms with Crippen molar-refractivity contribution in [2.24, 2.45) is 0 Å². The molecule has 3 aromatic carbocycles. The van der Waals surface area contributed by atoms with Gasteiger partial charge in [0.25, 0.3) is 5.91 Å². The molecular weight excluding hydrogens is 372 g/mol. The van der Waals surface area contributed by atoms with Crippen molar-refractivity contribution in [1.29, 1.82) is 0 Å². The van der Waals surface area contributed by atoms with E-state index in [9.17, 15) is 9.59 Å². The predicted octanol–water partition coefficient (Wildman–Crippen LogP) is 5.63. The summed E-state index contributed by atoms with van der Waals surface area (Å²) < 4.78 is 2.09. The quantitative estimate of drug-likeness (QED) is 0.449. The minimum Gasteiger partial charge on any atom is -0.342 e. The third kappa shape index (κ3) is 3.61. The van der Waals surface area contributed by atoms with Gasteiger partial charge in [-0.1, -0.05) is 54.6 Å². The van der Waals surface area contributed by atoms with Crippen molar-refractivity contribution in [2.45, 2.75) is 39.8 Å². The number of rotatable bonds is 3. The molecule has 1 heterocycles. The summed E-state index contributed by atoms with van der Waals surface area (Å²) in [5, 5.41) is 3.26. The van der Waals surface area contributed by atoms with Crippen molar-refractivity contribution in [3.05, 3.63) is 84.1 Å². The molecule has 0 aliphatic rings. The molecule has 152 valence electrons. The lowest BCUT2D eigenvalue weighted by Gasteiger charge is -2.32. The first-order valence-electron chi connectivity index (χ1n) is 10.2. The predicted molar refractivity (Wildman–Crippen MR) is 122 cm³/mol. The summed E-state index contributed by atoms with van der Waals surface area (Å²) in [5.74, 6) is -0.512. The number of carbonyl (C=O) groups is 2. The van der Waals surface area contributed by atoms with Crippen LogP contribution in [0.25, 0.3) is 21.7 Å². The number of amides is 2. The van der Waals surface area contributed by atoms with Crippen molar-refractivity contribution in [2.75, 3.05) is 0 Å². The Kier molecular flexibility index (Phi) is 4.94. The molecule has 0 saturated heterocycles. The zero-order valence-corrected chi connectivity index (χ0v) is 17.8. The minimum absolute atomic E-state index is 0.251. The van der Waals surface area contributed by atoms with E-state index in [1.165, 1.54) is 22.6 Å². The SMILES string of the molecule is CC(=O)N(C(=O)c1cn(Cc2ccc3ccccc3c2)c2ccccc12)C(C)(C)C. The fourth-order valence-electron chi connectivity index (χ4n) is 4.12. The molecule has 0 aliphatic carbocycles. The van der Waals surface area contributed by atoms with Gasteiger partial charge in [-0.05, 0) is 49.2 Å². The van der Waals surface area contributed by atoms with Gasteiger partial charge < -0.3 is 4.57 Å². The van der Waals surface area contributed by atoms with Gasteiger partial charge in [-0.15, -0.1) is 0 Å². The molecule has 4 nitrogen and oxygen atoms in total. The monoisotopic (exact) mass is 398 g/mol. The summed E-state index contributed by atoms with van der Waals surface area (Å²) in [6.07, 6.45) is 1.88. The topological polar surface area (TPSA) is 42.3 Å². The van der Waals surface area contributed by atoms with E-state index in [0.29, 0.717) is 12.1 Å². The van der Waals surface area contributed by atoms with Crippen molar-refractivity contribution < 1.29 is 9.59 Å². The van der Waals surface area contributed by atoms with Crippen LogP contribution in [0.3, 0.4) is 0 Å². The molecule has 0 atom stereocenters. The van der Waals surface area contributed by atoms with Crippen LogP contribution in [0.1, 0.15) is 43.6 Å². The highest BCUT2D eigenvalue weighted by Crippen LogP contribution is 2.27. The van der Waals surface area contributed by atoms with Crippen LogP contribution < -0.4 is 0 Å². The standard InChI is InChI=1S/C26H26N2O2/c1-18(29)28(26(2,3)4)25(30)23-17-27(24-12-8-7-11-22(23)24)16-19-13-14-20-9-5-6-10-21(20)15-19/h5-15,17H,16H2,1-4H3. The lowest BCUT2D eigenvalue weighted by atomic mass is 10.0. The Balaban J connectivity index is 1.78. The van der Waals surface area contributed by atoms with Gasteiger partial charge in [0.2, 0.25) is 5.91 Å². The van der Waals surface area contributed by atoms with Crippen molar-refractivity contribution in [3.63, 3.8) is 0 Å². The van der Waals surface area contributed by atoms with Gasteiger partial charge in [-0.2, -0.15) is 0 Å². The summed E-state index contributed by atoms with van der Waals surface area (Å²) in [5.41, 5.74) is 2.10. The van der Waals surface area contributed by atoms with Crippen LogP contribution in [0.2, 0.25) is 0 Å². The zero-order valence-electron chi connectivity index (χ0n) is 17.8. The minimum atomic E-state index is -0.593. The number of benzene rings is 3. The van der Waals surface area contributed by atoms with Crippen LogP contribution in [0.4, 0.5) is 0 Å². The molecule has 0 fully saturated rings. The van der Waals surface area contributed by atoms with Crippen LogP contribution >= 0.6 is 0 Å². The maximum Gasteiger partial charge on any atom is 0.263 e. The Labute approximate surface area is 176 Å². The molecule has 4 heteroatoms. The lowest BCUT2D eigenvalue weighted by molar-refractivity contribution is -0.129. The number of nitrogens with zero attached hydrogens (tertiary/aromatic N) is 2. The Morgan fingerprint density at radius 1 is 0.900 bits per heavy atom. The van der Waals surface area contributed by atoms with E-state index in [4.69, 9.17) is 0 Å². The summed E-state index contributed by atoms with van der Waals surface area (Å²) in [7, 11) is 0. The maximum atomic E-state index is 13.4. The number of carbonyl (C=O) groups excluding carboxylic acids is 2. The molecule has 0 aliphatic heterocycles. The van der Waals surface area contributed by atoms with E-state index >= 15 is 0 Å². The first-order chi connectivity index (χ1) is 14.3. The average Bonchev–Trinajstić information content (AvgIpc) is 3.05. The molecule has 4 rings (SSSR count). The highest BCUT2D eigenvalue weighted by atomic mass is 16.2. The molecule has 0 radical (unpaired) electrons. The highest BCUT2D eigenvalue weighted by Gasteiger charge is 2.32. The van der Waals surface area contributed by atoms with E-state index in [1.54, 1.807) is 0 Å². The summed E-state index contributed by atoms with van der Waals surface area (Å²) in [6.45, 7) is 7.72. The van der Waals surface area contributed by atoms with E-state index in [0.717, 1.165) is 16.5 Å². The molecule has 0 unspecified atom stereocenters. The maximum absolute atomic E-state index is 13.4. The van der Waals surface area contributed by atoms with Crippen LogP contribution in [0, 0.1) is 0 Å². The third-order valence-corrected chi connectivity index (χ3v) is 5.37. The number of imide groups is 1. The zero-order chi connectivity index (χ0) is 21.5. The number of fused-ring (bicyclic) bond motifs is 2. The molecular formula is C26H26N2O2. The van der Waals surface area contributed by atoms with Gasteiger partial charge in [0.15, 0.2) is 0 Å². The first kappa shape index (κ1) is 19.9. The number of para-hydroxylation sites is 1. The van der Waals surface area contributed by atoms with Crippen molar-refractivity contribution in [1.82, 2.24) is 9.47 Å². The van der Waals surface area contributed by atoms with E-state index < -0.39 is 5.54 Å². The van der Waals surface area contributed by atoms with Crippen LogP contribution in [0.15, 0.2) is 72.9 Å². The second-order valence-electron chi connectivity index (χ2n) is 8.70. The molecule has 0 N–H and O–H groups in total. The van der Waals surface area contributed by atoms with Gasteiger partial charge in [0, 0.05) is 36.1 Å². The number of hydrogen-bond donors (Lipinski definition) is 0. The Bertz CT molecular complexity index is 1260. The Morgan fingerprint density at radius 3 is 2.27 bits per heavy atom. The molecule has 0 bridgehead atoms. The van der Waals surface area contributed by atoms with E-state index in [1.807, 2.05) is 63.4 Å². The molecule has 1 aromatic heterocycles.